The maximum Gasteiger partial charge on any atom is 0.308 e. The van der Waals surface area contributed by atoms with Gasteiger partial charge in [-0.15, -0.1) is 11.3 Å². The van der Waals surface area contributed by atoms with Gasteiger partial charge in [-0.3, -0.25) is 14.4 Å². The van der Waals surface area contributed by atoms with Crippen LogP contribution in [0, 0.1) is 13.8 Å². The number of methoxy groups -OCH3 is 1. The summed E-state index contributed by atoms with van der Waals surface area (Å²) in [7, 11) is 1.60. The Balaban J connectivity index is 1.67. The zero-order valence-corrected chi connectivity index (χ0v) is 25.9. The van der Waals surface area contributed by atoms with Crippen LogP contribution in [0.2, 0.25) is 0 Å². The maximum atomic E-state index is 14.5. The second kappa shape index (κ2) is 12.3. The van der Waals surface area contributed by atoms with Crippen molar-refractivity contribution in [2.45, 2.75) is 20.8 Å². The first-order valence-corrected chi connectivity index (χ1v) is 15.1. The first-order valence-electron chi connectivity index (χ1n) is 14.2. The van der Waals surface area contributed by atoms with E-state index in [-0.39, 0.29) is 11.6 Å². The SMILES string of the molecule is COc1ccc(-c2cc(OC(C)=O)c3c(-c4cccs4)c(N(C(=O)c4ccccc4C)C(=O)c4ccccc4C)oc3c2)cc1. The minimum atomic E-state index is -0.539. The number of anilines is 1. The van der Waals surface area contributed by atoms with E-state index in [0.29, 0.717) is 50.1 Å². The van der Waals surface area contributed by atoms with Gasteiger partial charge in [-0.2, -0.15) is 0 Å². The van der Waals surface area contributed by atoms with Gasteiger partial charge >= 0.3 is 5.97 Å². The van der Waals surface area contributed by atoms with Crippen molar-refractivity contribution in [3.63, 3.8) is 0 Å². The molecule has 0 spiro atoms. The summed E-state index contributed by atoms with van der Waals surface area (Å²) in [5.74, 6) is -0.623. The van der Waals surface area contributed by atoms with E-state index in [2.05, 4.69) is 0 Å². The molecule has 0 atom stereocenters. The topological polar surface area (TPSA) is 86.0 Å². The number of benzene rings is 4. The molecule has 8 heteroatoms. The summed E-state index contributed by atoms with van der Waals surface area (Å²) in [5, 5.41) is 2.37. The summed E-state index contributed by atoms with van der Waals surface area (Å²) in [5.41, 5.74) is 4.49. The molecule has 4 aromatic carbocycles. The van der Waals surface area contributed by atoms with Gasteiger partial charge in [0.05, 0.1) is 18.1 Å². The van der Waals surface area contributed by atoms with Crippen LogP contribution in [-0.2, 0) is 4.79 Å². The third-order valence-corrected chi connectivity index (χ3v) is 8.43. The van der Waals surface area contributed by atoms with Gasteiger partial charge in [-0.1, -0.05) is 54.6 Å². The summed E-state index contributed by atoms with van der Waals surface area (Å²) >= 11 is 1.42. The van der Waals surface area contributed by atoms with Gasteiger partial charge in [-0.25, -0.2) is 4.90 Å². The maximum absolute atomic E-state index is 14.5. The number of nitrogens with zero attached hydrogens (tertiary/aromatic N) is 1. The molecular weight excluding hydrogens is 586 g/mol. The van der Waals surface area contributed by atoms with Crippen molar-refractivity contribution in [1.82, 2.24) is 0 Å². The lowest BCUT2D eigenvalue weighted by Crippen LogP contribution is -2.38. The average molecular weight is 616 g/mol. The third-order valence-electron chi connectivity index (χ3n) is 7.54. The van der Waals surface area contributed by atoms with E-state index in [1.807, 2.05) is 86.0 Å². The van der Waals surface area contributed by atoms with Crippen LogP contribution in [0.25, 0.3) is 32.5 Å². The Kier molecular flexibility index (Phi) is 8.06. The van der Waals surface area contributed by atoms with Crippen LogP contribution in [0.5, 0.6) is 11.5 Å². The number of amides is 2. The van der Waals surface area contributed by atoms with Gasteiger partial charge in [0, 0.05) is 22.9 Å². The molecule has 0 bridgehead atoms. The lowest BCUT2D eigenvalue weighted by Gasteiger charge is -2.21. The molecule has 0 N–H and O–H groups in total. The van der Waals surface area contributed by atoms with Crippen LogP contribution in [0.4, 0.5) is 5.88 Å². The Bertz CT molecular complexity index is 2000. The summed E-state index contributed by atoms with van der Waals surface area (Å²) in [6.07, 6.45) is 0. The monoisotopic (exact) mass is 615 g/mol. The number of aryl methyl sites for hydroxylation is 2. The number of ether oxygens (including phenoxy) is 2. The second-order valence-corrected chi connectivity index (χ2v) is 11.5. The van der Waals surface area contributed by atoms with Crippen LogP contribution < -0.4 is 14.4 Å². The van der Waals surface area contributed by atoms with Crippen molar-refractivity contribution in [1.29, 1.82) is 0 Å². The molecule has 2 aromatic heterocycles. The van der Waals surface area contributed by atoms with E-state index >= 15 is 0 Å². The number of fused-ring (bicyclic) bond motifs is 1. The Morgan fingerprint density at radius 1 is 0.756 bits per heavy atom. The van der Waals surface area contributed by atoms with E-state index in [0.717, 1.165) is 15.3 Å². The van der Waals surface area contributed by atoms with Crippen LogP contribution in [0.1, 0.15) is 38.8 Å². The highest BCUT2D eigenvalue weighted by molar-refractivity contribution is 7.13. The lowest BCUT2D eigenvalue weighted by molar-refractivity contribution is -0.131. The van der Waals surface area contributed by atoms with Crippen molar-refractivity contribution < 1.29 is 28.3 Å². The Labute approximate surface area is 264 Å². The van der Waals surface area contributed by atoms with Crippen LogP contribution in [-0.4, -0.2) is 24.9 Å². The molecule has 45 heavy (non-hydrogen) atoms. The van der Waals surface area contributed by atoms with Crippen LogP contribution in [0.15, 0.2) is 107 Å². The fourth-order valence-electron chi connectivity index (χ4n) is 5.31. The molecule has 0 aliphatic rings. The van der Waals surface area contributed by atoms with E-state index in [9.17, 15) is 14.4 Å². The van der Waals surface area contributed by atoms with Gasteiger partial charge in [0.1, 0.15) is 17.1 Å². The highest BCUT2D eigenvalue weighted by Crippen LogP contribution is 2.48. The minimum absolute atomic E-state index is 0.0363. The summed E-state index contributed by atoms with van der Waals surface area (Å²) in [6.45, 7) is 4.97. The molecule has 0 radical (unpaired) electrons. The number of carbonyl (C=O) groups is 3. The first kappa shape index (κ1) is 29.6. The number of esters is 1. The molecule has 0 aliphatic heterocycles. The van der Waals surface area contributed by atoms with Crippen molar-refractivity contribution in [2.24, 2.45) is 0 Å². The van der Waals surface area contributed by atoms with Crippen LogP contribution in [0.3, 0.4) is 0 Å². The summed E-state index contributed by atoms with van der Waals surface area (Å²) in [4.78, 5) is 43.1. The molecule has 6 aromatic rings. The molecule has 2 heterocycles. The fourth-order valence-corrected chi connectivity index (χ4v) is 6.08. The standard InChI is InChI=1S/C37H29NO6S/c1-22-10-5-7-12-28(22)35(40)38(36(41)29-13-8-6-11-23(29)2)37-34(32-14-9-19-45-32)33-30(43-24(3)39)20-26(21-31(33)44-37)25-15-17-27(42-4)18-16-25/h5-21H,1-4H3. The molecule has 2 amide bonds. The van der Waals surface area contributed by atoms with Gasteiger partial charge in [0.15, 0.2) is 0 Å². The van der Waals surface area contributed by atoms with Gasteiger partial charge in [0.2, 0.25) is 5.88 Å². The molecule has 224 valence electrons. The molecule has 0 aliphatic carbocycles. The van der Waals surface area contributed by atoms with Crippen molar-refractivity contribution >= 4 is 46.0 Å². The Morgan fingerprint density at radius 2 is 1.38 bits per heavy atom. The third kappa shape index (κ3) is 5.63. The molecule has 0 unspecified atom stereocenters. The second-order valence-electron chi connectivity index (χ2n) is 10.5. The van der Waals surface area contributed by atoms with Crippen molar-refractivity contribution in [3.8, 4) is 33.1 Å². The van der Waals surface area contributed by atoms with E-state index in [1.165, 1.54) is 18.3 Å². The summed E-state index contributed by atoms with van der Waals surface area (Å²) < 4.78 is 17.7. The fraction of sp³-hybridized carbons (Fsp3) is 0.108. The largest absolute Gasteiger partial charge is 0.497 e. The Morgan fingerprint density at radius 3 is 1.91 bits per heavy atom. The number of hydrogen-bond acceptors (Lipinski definition) is 7. The van der Waals surface area contributed by atoms with E-state index in [4.69, 9.17) is 13.9 Å². The highest BCUT2D eigenvalue weighted by Gasteiger charge is 2.35. The predicted octanol–water partition coefficient (Wildman–Crippen LogP) is 8.87. The smallest absolute Gasteiger partial charge is 0.308 e. The molecule has 0 saturated heterocycles. The molecule has 0 saturated carbocycles. The first-order chi connectivity index (χ1) is 21.8. The molecule has 6 rings (SSSR count). The van der Waals surface area contributed by atoms with Gasteiger partial charge in [0.25, 0.3) is 11.8 Å². The zero-order valence-electron chi connectivity index (χ0n) is 25.1. The average Bonchev–Trinajstić information content (AvgIpc) is 3.69. The number of rotatable bonds is 7. The lowest BCUT2D eigenvalue weighted by atomic mass is 10.0. The zero-order chi connectivity index (χ0) is 31.7. The van der Waals surface area contributed by atoms with Crippen LogP contribution >= 0.6 is 11.3 Å². The highest BCUT2D eigenvalue weighted by atomic mass is 32.1. The number of furan rings is 1. The number of hydrogen-bond donors (Lipinski definition) is 0. The normalized spacial score (nSPS) is 10.9. The predicted molar refractivity (Wildman–Crippen MR) is 176 cm³/mol. The number of imide groups is 1. The summed E-state index contributed by atoms with van der Waals surface area (Å²) in [6, 6.07) is 29.0. The van der Waals surface area contributed by atoms with Crippen molar-refractivity contribution in [2.75, 3.05) is 12.0 Å². The number of carbonyl (C=O) groups excluding carboxylic acids is 3. The van der Waals surface area contributed by atoms with Gasteiger partial charge < -0.3 is 13.9 Å². The van der Waals surface area contributed by atoms with E-state index < -0.39 is 17.8 Å². The minimum Gasteiger partial charge on any atom is -0.497 e. The molecule has 0 fully saturated rings. The Hall–Kier alpha value is -5.47. The number of thiophene rings is 1. The van der Waals surface area contributed by atoms with Crippen molar-refractivity contribution in [3.05, 3.63) is 125 Å². The molecular formula is C37H29NO6S. The molecule has 7 nitrogen and oxygen atoms in total. The quantitative estimate of drug-likeness (QED) is 0.101. The van der Waals surface area contributed by atoms with Gasteiger partial charge in [-0.05, 0) is 83.9 Å². The van der Waals surface area contributed by atoms with E-state index in [1.54, 1.807) is 37.4 Å².